The summed E-state index contributed by atoms with van der Waals surface area (Å²) in [6, 6.07) is 1.22. The number of hydrogen-bond acceptors (Lipinski definition) is 4. The summed E-state index contributed by atoms with van der Waals surface area (Å²) in [7, 11) is -1.02. The van der Waals surface area contributed by atoms with Crippen LogP contribution in [0.4, 0.5) is 4.39 Å². The molecule has 0 fully saturated rings. The van der Waals surface area contributed by atoms with Crippen LogP contribution in [-0.4, -0.2) is 31.3 Å². The highest BCUT2D eigenvalue weighted by Gasteiger charge is 2.19. The van der Waals surface area contributed by atoms with Gasteiger partial charge in [-0.1, -0.05) is 6.07 Å². The van der Waals surface area contributed by atoms with E-state index in [2.05, 4.69) is 0 Å². The van der Waals surface area contributed by atoms with Crippen LogP contribution in [-0.2, 0) is 11.2 Å². The predicted octanol–water partition coefficient (Wildman–Crippen LogP) is 0.797. The molecule has 0 heterocycles. The number of carboxylic acids is 1. The molecule has 0 bridgehead atoms. The fourth-order valence-electron chi connectivity index (χ4n) is 1.36. The van der Waals surface area contributed by atoms with Crippen LogP contribution in [0.3, 0.4) is 0 Å². The van der Waals surface area contributed by atoms with Gasteiger partial charge in [-0.2, -0.15) is 0 Å². The van der Waals surface area contributed by atoms with Crippen LogP contribution < -0.4 is 15.2 Å². The maximum atomic E-state index is 13.5. The van der Waals surface area contributed by atoms with Gasteiger partial charge >= 0.3 is 5.97 Å². The number of rotatable bonds is 5. The molecular formula is C11H14FNO4. The number of hydrogen-bond donors (Lipinski definition) is 2. The molecule has 6 heteroatoms. The van der Waals surface area contributed by atoms with Crippen LogP contribution in [0.5, 0.6) is 11.5 Å². The minimum absolute atomic E-state index is 0.0843. The normalized spacial score (nSPS) is 13.5. The Bertz CT molecular complexity index is 459. The number of ether oxygens (including phenoxy) is 2. The number of halogens is 1. The second-order valence-electron chi connectivity index (χ2n) is 3.30. The third kappa shape index (κ3) is 2.85. The highest BCUT2D eigenvalue weighted by Crippen LogP contribution is 2.34. The van der Waals surface area contributed by atoms with Crippen molar-refractivity contribution in [3.8, 4) is 11.5 Å². The van der Waals surface area contributed by atoms with Gasteiger partial charge in [0.15, 0.2) is 17.3 Å². The lowest BCUT2D eigenvalue weighted by atomic mass is 10.0. The Morgan fingerprint density at radius 3 is 2.76 bits per heavy atom. The lowest BCUT2D eigenvalue weighted by Crippen LogP contribution is -2.32. The molecule has 3 N–H and O–H groups in total. The van der Waals surface area contributed by atoms with Gasteiger partial charge in [-0.15, -0.1) is 0 Å². The molecule has 0 spiro atoms. The summed E-state index contributed by atoms with van der Waals surface area (Å²) in [6.45, 7) is 0. The number of nitrogens with two attached hydrogens (primary N) is 1. The fourth-order valence-corrected chi connectivity index (χ4v) is 1.36. The largest absolute Gasteiger partial charge is 0.492 e. The van der Waals surface area contributed by atoms with Gasteiger partial charge in [0, 0.05) is 12.0 Å². The van der Waals surface area contributed by atoms with Crippen LogP contribution in [0.2, 0.25) is 0 Å². The molecule has 17 heavy (non-hydrogen) atoms. The highest BCUT2D eigenvalue weighted by molar-refractivity contribution is 5.73. The Labute approximate surface area is 101 Å². The van der Waals surface area contributed by atoms with E-state index >= 15 is 0 Å². The third-order valence-electron chi connectivity index (χ3n) is 2.19. The second-order valence-corrected chi connectivity index (χ2v) is 3.30. The quantitative estimate of drug-likeness (QED) is 0.801. The van der Waals surface area contributed by atoms with E-state index in [1.807, 2.05) is 0 Å². The van der Waals surface area contributed by atoms with Crippen molar-refractivity contribution >= 4 is 5.97 Å². The van der Waals surface area contributed by atoms with Crippen molar-refractivity contribution in [1.82, 2.24) is 0 Å². The summed E-state index contributed by atoms with van der Waals surface area (Å²) in [5.41, 5.74) is 5.71. The van der Waals surface area contributed by atoms with Crippen LogP contribution in [0.25, 0.3) is 0 Å². The summed E-state index contributed by atoms with van der Waals surface area (Å²) in [6.07, 6.45) is -0.0979. The zero-order valence-electron chi connectivity index (χ0n) is 11.0. The molecule has 94 valence electrons. The van der Waals surface area contributed by atoms with Gasteiger partial charge in [0.2, 0.25) is 0 Å². The first kappa shape index (κ1) is 10.3. The SMILES string of the molecule is [2H]COc1c(F)ccc(C[C@@H](N)C(=O)O)c1OC[2H]. The van der Waals surface area contributed by atoms with E-state index in [-0.39, 0.29) is 17.9 Å². The molecule has 5 nitrogen and oxygen atoms in total. The fraction of sp³-hybridized carbons (Fsp3) is 0.364. The van der Waals surface area contributed by atoms with Crippen molar-refractivity contribution in [2.24, 2.45) is 5.73 Å². The maximum absolute atomic E-state index is 13.5. The molecule has 0 radical (unpaired) electrons. The molecule has 1 aromatic carbocycles. The van der Waals surface area contributed by atoms with Gasteiger partial charge in [0.25, 0.3) is 0 Å². The van der Waals surface area contributed by atoms with E-state index in [1.54, 1.807) is 0 Å². The molecule has 0 saturated heterocycles. The molecule has 0 aliphatic heterocycles. The summed E-state index contributed by atoms with van der Waals surface area (Å²) >= 11 is 0. The van der Waals surface area contributed by atoms with Crippen molar-refractivity contribution in [3.63, 3.8) is 0 Å². The van der Waals surface area contributed by atoms with E-state index in [9.17, 15) is 9.18 Å². The molecule has 1 aromatic rings. The van der Waals surface area contributed by atoms with Crippen molar-refractivity contribution < 1.29 is 26.5 Å². The number of carboxylic acid groups (broad SMARTS) is 1. The zero-order valence-corrected chi connectivity index (χ0v) is 8.98. The first-order valence-corrected chi connectivity index (χ1v) is 4.65. The van der Waals surface area contributed by atoms with E-state index in [4.69, 9.17) is 23.1 Å². The molecule has 0 aromatic heterocycles. The topological polar surface area (TPSA) is 81.8 Å². The number of aliphatic carboxylic acids is 1. The Kier molecular flexibility index (Phi) is 3.34. The van der Waals surface area contributed by atoms with Gasteiger partial charge in [-0.3, -0.25) is 4.79 Å². The van der Waals surface area contributed by atoms with Crippen molar-refractivity contribution in [2.75, 3.05) is 14.2 Å². The van der Waals surface area contributed by atoms with E-state index in [1.165, 1.54) is 6.07 Å². The van der Waals surface area contributed by atoms with Gasteiger partial charge in [-0.25, -0.2) is 4.39 Å². The Hall–Kier alpha value is -1.82. The molecule has 0 unspecified atom stereocenters. The van der Waals surface area contributed by atoms with Gasteiger partial charge < -0.3 is 20.3 Å². The molecule has 0 aliphatic carbocycles. The average molecular weight is 245 g/mol. The van der Waals surface area contributed by atoms with Gasteiger partial charge in [-0.05, 0) is 6.07 Å². The number of carbonyl (C=O) groups is 1. The smallest absolute Gasteiger partial charge is 0.320 e. The van der Waals surface area contributed by atoms with Gasteiger partial charge in [0.1, 0.15) is 6.04 Å². The molecule has 1 rings (SSSR count). The maximum Gasteiger partial charge on any atom is 0.320 e. The van der Waals surface area contributed by atoms with E-state index in [0.717, 1.165) is 6.07 Å². The first-order chi connectivity index (χ1) is 9.01. The van der Waals surface area contributed by atoms with Crippen molar-refractivity contribution in [1.29, 1.82) is 0 Å². The Balaban J connectivity index is 3.15. The summed E-state index contributed by atoms with van der Waals surface area (Å²) < 4.78 is 37.2. The predicted molar refractivity (Wildman–Crippen MR) is 58.8 cm³/mol. The van der Waals surface area contributed by atoms with Crippen molar-refractivity contribution in [2.45, 2.75) is 12.5 Å². The lowest BCUT2D eigenvalue weighted by molar-refractivity contribution is -0.138. The molecule has 1 atom stereocenters. The van der Waals surface area contributed by atoms with Crippen LogP contribution in [0, 0.1) is 5.82 Å². The number of methoxy groups -OCH3 is 2. The van der Waals surface area contributed by atoms with Gasteiger partial charge in [0.05, 0.1) is 16.9 Å². The lowest BCUT2D eigenvalue weighted by Gasteiger charge is -2.14. The monoisotopic (exact) mass is 245 g/mol. The first-order valence-electron chi connectivity index (χ1n) is 6.06. The van der Waals surface area contributed by atoms with E-state index < -0.39 is 32.0 Å². The minimum atomic E-state index is -1.20. The Morgan fingerprint density at radius 1 is 1.53 bits per heavy atom. The highest BCUT2D eigenvalue weighted by atomic mass is 19.1. The van der Waals surface area contributed by atoms with Crippen LogP contribution >= 0.6 is 0 Å². The second kappa shape index (κ2) is 5.49. The third-order valence-corrected chi connectivity index (χ3v) is 2.19. The molecule has 0 aliphatic rings. The number of benzene rings is 1. The molecule has 0 amide bonds. The Morgan fingerprint density at radius 2 is 2.18 bits per heavy atom. The average Bonchev–Trinajstić information content (AvgIpc) is 2.36. The molecular weight excluding hydrogens is 229 g/mol. The minimum Gasteiger partial charge on any atom is -0.492 e. The summed E-state index contributed by atoms with van der Waals surface area (Å²) in [5.74, 6) is -2.34. The van der Waals surface area contributed by atoms with Crippen LogP contribution in [0.1, 0.15) is 8.30 Å². The standard InChI is InChI=1S/C11H14FNO4/c1-16-9-6(5-8(13)11(14)15)3-4-7(12)10(9)17-2/h3-4,8H,5,13H2,1-2H3,(H,14,15)/t8-/m1/s1/i1D,2D. The van der Waals surface area contributed by atoms with Crippen LogP contribution in [0.15, 0.2) is 12.1 Å². The van der Waals surface area contributed by atoms with E-state index in [0.29, 0.717) is 5.56 Å². The molecule has 0 saturated carbocycles. The zero-order chi connectivity index (χ0) is 14.4. The van der Waals surface area contributed by atoms with Crippen molar-refractivity contribution in [3.05, 3.63) is 23.5 Å². The summed E-state index contributed by atoms with van der Waals surface area (Å²) in [5, 5.41) is 8.75. The summed E-state index contributed by atoms with van der Waals surface area (Å²) in [4.78, 5) is 10.7.